The van der Waals surface area contributed by atoms with Crippen LogP contribution in [-0.2, 0) is 34.7 Å². The average molecular weight is 452 g/mol. The molecule has 3 amide bonds. The van der Waals surface area contributed by atoms with Crippen molar-refractivity contribution >= 4 is 33.3 Å². The quantitative estimate of drug-likeness (QED) is 0.529. The molecule has 0 bridgehead atoms. The molecule has 0 aromatic heterocycles. The van der Waals surface area contributed by atoms with Crippen molar-refractivity contribution in [1.29, 1.82) is 0 Å². The van der Waals surface area contributed by atoms with E-state index in [4.69, 9.17) is 4.74 Å². The number of sulfone groups is 1. The Morgan fingerprint density at radius 1 is 1.06 bits per heavy atom. The van der Waals surface area contributed by atoms with Gasteiger partial charge >= 0.3 is 6.03 Å². The van der Waals surface area contributed by atoms with E-state index in [0.717, 1.165) is 0 Å². The van der Waals surface area contributed by atoms with Crippen molar-refractivity contribution in [2.24, 2.45) is 0 Å². The van der Waals surface area contributed by atoms with Gasteiger partial charge < -0.3 is 20.3 Å². The molecule has 1 aliphatic heterocycles. The first-order valence-corrected chi connectivity index (χ1v) is 11.8. The van der Waals surface area contributed by atoms with Crippen LogP contribution in [0.2, 0.25) is 0 Å². The molecule has 10 nitrogen and oxygen atoms in total. The Morgan fingerprint density at radius 3 is 2.29 bits per heavy atom. The van der Waals surface area contributed by atoms with E-state index in [1.807, 2.05) is 0 Å². The van der Waals surface area contributed by atoms with Crippen molar-refractivity contribution in [2.45, 2.75) is 30.7 Å². The summed E-state index contributed by atoms with van der Waals surface area (Å²) in [5.74, 6) is -2.79. The summed E-state index contributed by atoms with van der Waals surface area (Å²) in [6, 6.07) is 5.87. The number of morpholine rings is 1. The lowest BCUT2D eigenvalue weighted by Crippen LogP contribution is -2.56. The highest BCUT2D eigenvalue weighted by molar-refractivity contribution is 7.90. The minimum Gasteiger partial charge on any atom is -0.378 e. The van der Waals surface area contributed by atoms with E-state index in [9.17, 15) is 27.6 Å². The number of Topliss-reactive ketones (excluding diaryl/α,β-unsaturated/α-hetero) is 2. The largest absolute Gasteiger partial charge is 0.378 e. The van der Waals surface area contributed by atoms with Crippen LogP contribution in [0.4, 0.5) is 4.79 Å². The zero-order chi connectivity index (χ0) is 22.4. The fourth-order valence-electron chi connectivity index (χ4n) is 3.48. The number of nitrogens with zero attached hydrogens (tertiary/aromatic N) is 1. The molecule has 1 saturated heterocycles. The fraction of sp³-hybridized carbons (Fsp3) is 0.500. The van der Waals surface area contributed by atoms with Gasteiger partial charge in [-0.25, -0.2) is 13.2 Å². The van der Waals surface area contributed by atoms with E-state index in [2.05, 4.69) is 10.6 Å². The highest BCUT2D eigenvalue weighted by Crippen LogP contribution is 2.13. The Balaban J connectivity index is 1.71. The number of urea groups is 1. The summed E-state index contributed by atoms with van der Waals surface area (Å²) in [7, 11) is -3.76. The number of benzene rings is 1. The maximum Gasteiger partial charge on any atom is 0.318 e. The second-order valence-electron chi connectivity index (χ2n) is 7.60. The normalized spacial score (nSPS) is 18.6. The molecule has 11 heteroatoms. The number of hydrogen-bond donors (Lipinski definition) is 2. The van der Waals surface area contributed by atoms with Crippen LogP contribution in [0.15, 0.2) is 30.3 Å². The van der Waals surface area contributed by atoms with Crippen molar-refractivity contribution in [2.75, 3.05) is 32.1 Å². The number of carbonyl (C=O) groups excluding carboxylic acids is 4. The SMILES string of the molecule is O=C1CC(NC(=O)C(CS(=O)(=O)Cc2ccccc2)NC(=O)N2CCOCC2)CC1=O. The van der Waals surface area contributed by atoms with Crippen molar-refractivity contribution in [3.8, 4) is 0 Å². The minimum atomic E-state index is -3.76. The van der Waals surface area contributed by atoms with E-state index in [1.165, 1.54) is 4.90 Å². The molecule has 3 rings (SSSR count). The number of nitrogens with one attached hydrogen (secondary N) is 2. The van der Waals surface area contributed by atoms with Crippen LogP contribution in [0.1, 0.15) is 18.4 Å². The van der Waals surface area contributed by atoms with Crippen molar-refractivity contribution in [3.05, 3.63) is 35.9 Å². The van der Waals surface area contributed by atoms with Gasteiger partial charge in [-0.2, -0.15) is 0 Å². The number of ketones is 2. The number of hydrogen-bond acceptors (Lipinski definition) is 7. The molecule has 1 aromatic carbocycles. The second-order valence-corrected chi connectivity index (χ2v) is 9.71. The van der Waals surface area contributed by atoms with Crippen molar-refractivity contribution in [3.63, 3.8) is 0 Å². The predicted octanol–water partition coefficient (Wildman–Crippen LogP) is -0.571. The van der Waals surface area contributed by atoms with Crippen LogP contribution < -0.4 is 10.6 Å². The molecule has 1 aliphatic carbocycles. The van der Waals surface area contributed by atoms with Crippen molar-refractivity contribution in [1.82, 2.24) is 15.5 Å². The van der Waals surface area contributed by atoms with E-state index >= 15 is 0 Å². The molecule has 168 valence electrons. The second kappa shape index (κ2) is 10.0. The van der Waals surface area contributed by atoms with Gasteiger partial charge in [0, 0.05) is 32.0 Å². The van der Waals surface area contributed by atoms with E-state index in [1.54, 1.807) is 30.3 Å². The van der Waals surface area contributed by atoms with Crippen LogP contribution in [0.5, 0.6) is 0 Å². The Morgan fingerprint density at radius 2 is 1.68 bits per heavy atom. The van der Waals surface area contributed by atoms with Gasteiger partial charge in [0.05, 0.1) is 24.7 Å². The Bertz CT molecular complexity index is 927. The van der Waals surface area contributed by atoms with Crippen molar-refractivity contribution < 1.29 is 32.3 Å². The molecular weight excluding hydrogens is 426 g/mol. The third kappa shape index (κ3) is 6.59. The molecule has 1 atom stereocenters. The average Bonchev–Trinajstić information content (AvgIpc) is 3.05. The third-order valence-electron chi connectivity index (χ3n) is 5.08. The maximum atomic E-state index is 12.8. The molecule has 1 aromatic rings. The van der Waals surface area contributed by atoms with Gasteiger partial charge in [-0.15, -0.1) is 0 Å². The number of rotatable bonds is 7. The van der Waals surface area contributed by atoms with Gasteiger partial charge in [-0.1, -0.05) is 30.3 Å². The maximum absolute atomic E-state index is 12.8. The third-order valence-corrected chi connectivity index (χ3v) is 6.70. The van der Waals surface area contributed by atoms with E-state index in [-0.39, 0.29) is 18.6 Å². The summed E-state index contributed by atoms with van der Waals surface area (Å²) in [6.07, 6.45) is -0.267. The summed E-state index contributed by atoms with van der Waals surface area (Å²) >= 11 is 0. The Hall–Kier alpha value is -2.79. The summed E-state index contributed by atoms with van der Waals surface area (Å²) in [5, 5.41) is 5.03. The molecule has 31 heavy (non-hydrogen) atoms. The standard InChI is InChI=1S/C20H25N3O7S/c24-17-10-15(11-18(17)25)21-19(26)16(22-20(27)23-6-8-30-9-7-23)13-31(28,29)12-14-4-2-1-3-5-14/h1-5,15-16H,6-13H2,(H,21,26)(H,22,27). The zero-order valence-corrected chi connectivity index (χ0v) is 17.7. The van der Waals surface area contributed by atoms with Crippen LogP contribution >= 0.6 is 0 Å². The molecular formula is C20H25N3O7S. The predicted molar refractivity (Wildman–Crippen MR) is 110 cm³/mol. The highest BCUT2D eigenvalue weighted by atomic mass is 32.2. The summed E-state index contributed by atoms with van der Waals surface area (Å²) in [4.78, 5) is 49.8. The van der Waals surface area contributed by atoms with Gasteiger partial charge in [0.25, 0.3) is 0 Å². The Labute approximate surface area is 180 Å². The van der Waals surface area contributed by atoms with Crippen LogP contribution in [0.25, 0.3) is 0 Å². The molecule has 0 radical (unpaired) electrons. The zero-order valence-electron chi connectivity index (χ0n) is 16.9. The molecule has 2 fully saturated rings. The van der Waals surface area contributed by atoms with Crippen LogP contribution in [-0.4, -0.2) is 81.0 Å². The van der Waals surface area contributed by atoms with Gasteiger partial charge in [-0.3, -0.25) is 14.4 Å². The summed E-state index contributed by atoms with van der Waals surface area (Å²) < 4.78 is 30.7. The van der Waals surface area contributed by atoms with Gasteiger partial charge in [0.2, 0.25) is 17.5 Å². The van der Waals surface area contributed by atoms with Gasteiger partial charge in [-0.05, 0) is 5.56 Å². The first-order valence-electron chi connectivity index (χ1n) is 9.97. The molecule has 2 N–H and O–H groups in total. The van der Waals surface area contributed by atoms with Crippen LogP contribution in [0, 0.1) is 0 Å². The lowest BCUT2D eigenvalue weighted by Gasteiger charge is -2.29. The lowest BCUT2D eigenvalue weighted by atomic mass is 10.2. The summed E-state index contributed by atoms with van der Waals surface area (Å²) in [5.41, 5.74) is 0.563. The summed E-state index contributed by atoms with van der Waals surface area (Å²) in [6.45, 7) is 1.34. The topological polar surface area (TPSA) is 139 Å². The lowest BCUT2D eigenvalue weighted by molar-refractivity contribution is -0.134. The number of carbonyl (C=O) groups is 4. The number of ether oxygens (including phenoxy) is 1. The van der Waals surface area contributed by atoms with Gasteiger partial charge in [0.15, 0.2) is 9.84 Å². The Kier molecular flexibility index (Phi) is 7.39. The molecule has 2 aliphatic rings. The van der Waals surface area contributed by atoms with E-state index in [0.29, 0.717) is 31.9 Å². The minimum absolute atomic E-state index is 0.133. The highest BCUT2D eigenvalue weighted by Gasteiger charge is 2.35. The van der Waals surface area contributed by atoms with Gasteiger partial charge in [0.1, 0.15) is 6.04 Å². The van der Waals surface area contributed by atoms with Crippen LogP contribution in [0.3, 0.4) is 0 Å². The first kappa shape index (κ1) is 22.9. The molecule has 1 saturated carbocycles. The monoisotopic (exact) mass is 451 g/mol. The number of amides is 3. The molecule has 1 unspecified atom stereocenters. The fourth-order valence-corrected chi connectivity index (χ4v) is 5.04. The molecule has 0 spiro atoms. The van der Waals surface area contributed by atoms with E-state index < -0.39 is 51.2 Å². The smallest absolute Gasteiger partial charge is 0.318 e. The molecule has 1 heterocycles. The first-order chi connectivity index (χ1) is 14.7.